The fraction of sp³-hybridized carbons (Fsp3) is 0.391. The molecular weight excluding hydrogens is 378 g/mol. The normalized spacial score (nSPS) is 22.1. The van der Waals surface area contributed by atoms with E-state index in [-0.39, 0.29) is 31.0 Å². The Labute approximate surface area is 176 Å². The van der Waals surface area contributed by atoms with E-state index in [1.807, 2.05) is 31.2 Å². The molecule has 1 aromatic rings. The predicted octanol–water partition coefficient (Wildman–Crippen LogP) is 3.13. The number of nitrogens with zero attached hydrogens (tertiary/aromatic N) is 4. The Bertz CT molecular complexity index is 1020. The number of aryl methyl sites for hydroxylation is 1. The first-order valence-electron chi connectivity index (χ1n) is 9.91. The third kappa shape index (κ3) is 3.17. The first-order chi connectivity index (χ1) is 14.5. The van der Waals surface area contributed by atoms with Gasteiger partial charge in [0.2, 0.25) is 0 Å². The minimum absolute atomic E-state index is 0.0216. The minimum Gasteiger partial charge on any atom is -0.450 e. The Hall–Kier alpha value is -3.76. The fourth-order valence-electron chi connectivity index (χ4n) is 4.38. The maximum Gasteiger partial charge on any atom is 0.410 e. The van der Waals surface area contributed by atoms with E-state index in [1.165, 1.54) is 4.90 Å². The lowest BCUT2D eigenvalue weighted by atomic mass is 9.58. The summed E-state index contributed by atoms with van der Waals surface area (Å²) < 4.78 is 5.14. The van der Waals surface area contributed by atoms with Crippen LogP contribution >= 0.6 is 0 Å². The van der Waals surface area contributed by atoms with Crippen LogP contribution in [0.3, 0.4) is 0 Å². The monoisotopic (exact) mass is 401 g/mol. The molecule has 152 valence electrons. The number of benzene rings is 1. The van der Waals surface area contributed by atoms with Crippen LogP contribution in [0.15, 0.2) is 47.2 Å². The van der Waals surface area contributed by atoms with E-state index in [0.717, 1.165) is 17.5 Å². The van der Waals surface area contributed by atoms with Crippen molar-refractivity contribution >= 4 is 6.09 Å². The highest BCUT2D eigenvalue weighted by atomic mass is 16.6. The molecule has 2 N–H and O–H groups in total. The fourth-order valence-corrected chi connectivity index (χ4v) is 4.38. The van der Waals surface area contributed by atoms with Gasteiger partial charge in [-0.1, -0.05) is 37.3 Å². The van der Waals surface area contributed by atoms with Gasteiger partial charge in [0.15, 0.2) is 5.41 Å². The molecule has 1 heterocycles. The van der Waals surface area contributed by atoms with E-state index >= 15 is 0 Å². The Morgan fingerprint density at radius 3 is 2.43 bits per heavy atom. The summed E-state index contributed by atoms with van der Waals surface area (Å²) in [6.45, 7) is 4.53. The number of nitrogens with two attached hydrogens (primary N) is 1. The van der Waals surface area contributed by atoms with Gasteiger partial charge in [0.05, 0.1) is 30.0 Å². The van der Waals surface area contributed by atoms with Crippen molar-refractivity contribution in [3.8, 4) is 18.2 Å². The number of hydrogen-bond acceptors (Lipinski definition) is 6. The van der Waals surface area contributed by atoms with Gasteiger partial charge in [-0.2, -0.15) is 15.8 Å². The molecule has 30 heavy (non-hydrogen) atoms. The largest absolute Gasteiger partial charge is 0.450 e. The molecule has 0 bridgehead atoms. The van der Waals surface area contributed by atoms with Crippen molar-refractivity contribution in [2.75, 3.05) is 19.7 Å². The summed E-state index contributed by atoms with van der Waals surface area (Å²) in [5.74, 6) is -1.06. The molecule has 0 spiro atoms. The van der Waals surface area contributed by atoms with Crippen LogP contribution in [0, 0.1) is 45.3 Å². The molecule has 1 aliphatic heterocycles. The smallest absolute Gasteiger partial charge is 0.410 e. The first kappa shape index (κ1) is 21.0. The molecule has 7 nitrogen and oxygen atoms in total. The number of carbonyl (C=O) groups excluding carboxylic acids is 1. The highest BCUT2D eigenvalue weighted by Gasteiger charge is 2.54. The van der Waals surface area contributed by atoms with Gasteiger partial charge in [0.1, 0.15) is 6.07 Å². The number of rotatable bonds is 3. The molecule has 0 saturated heterocycles. The maximum absolute atomic E-state index is 12.4. The van der Waals surface area contributed by atoms with Gasteiger partial charge in [-0.15, -0.1) is 0 Å². The molecule has 1 amide bonds. The third-order valence-corrected chi connectivity index (χ3v) is 5.94. The van der Waals surface area contributed by atoms with Crippen molar-refractivity contribution in [3.05, 3.63) is 58.3 Å². The number of nitriles is 3. The predicted molar refractivity (Wildman–Crippen MR) is 109 cm³/mol. The molecule has 0 radical (unpaired) electrons. The van der Waals surface area contributed by atoms with Crippen LogP contribution < -0.4 is 5.73 Å². The zero-order chi connectivity index (χ0) is 21.9. The van der Waals surface area contributed by atoms with Crippen LogP contribution in [0.5, 0.6) is 0 Å². The van der Waals surface area contributed by atoms with E-state index in [2.05, 4.69) is 18.2 Å². The van der Waals surface area contributed by atoms with E-state index < -0.39 is 23.3 Å². The van der Waals surface area contributed by atoms with Crippen LogP contribution in [0.1, 0.15) is 30.9 Å². The zero-order valence-corrected chi connectivity index (χ0v) is 17.1. The van der Waals surface area contributed by atoms with E-state index in [0.29, 0.717) is 5.57 Å². The second-order valence-corrected chi connectivity index (χ2v) is 7.37. The van der Waals surface area contributed by atoms with Crippen LogP contribution in [-0.2, 0) is 11.2 Å². The van der Waals surface area contributed by atoms with Crippen molar-refractivity contribution in [3.63, 3.8) is 0 Å². The summed E-state index contributed by atoms with van der Waals surface area (Å²) in [4.78, 5) is 13.9. The summed E-state index contributed by atoms with van der Waals surface area (Å²) in [6.07, 6.45) is 2.18. The number of carbonyl (C=O) groups is 1. The molecule has 0 saturated carbocycles. The Morgan fingerprint density at radius 1 is 1.23 bits per heavy atom. The summed E-state index contributed by atoms with van der Waals surface area (Å²) in [6, 6.07) is 14.0. The number of amides is 1. The Balaban J connectivity index is 2.21. The lowest BCUT2D eigenvalue weighted by molar-refractivity contribution is 0.0999. The highest BCUT2D eigenvalue weighted by molar-refractivity contribution is 5.69. The average Bonchev–Trinajstić information content (AvgIpc) is 2.78. The molecule has 2 atom stereocenters. The number of ether oxygens (including phenoxy) is 1. The zero-order valence-electron chi connectivity index (χ0n) is 17.1. The third-order valence-electron chi connectivity index (χ3n) is 5.94. The molecule has 1 unspecified atom stereocenters. The van der Waals surface area contributed by atoms with E-state index in [9.17, 15) is 20.6 Å². The molecule has 2 aliphatic rings. The van der Waals surface area contributed by atoms with Crippen molar-refractivity contribution < 1.29 is 9.53 Å². The average molecular weight is 401 g/mol. The summed E-state index contributed by atoms with van der Waals surface area (Å²) in [7, 11) is 0. The van der Waals surface area contributed by atoms with Crippen molar-refractivity contribution in [2.24, 2.45) is 17.1 Å². The lowest BCUT2D eigenvalue weighted by Gasteiger charge is -2.45. The Morgan fingerprint density at radius 2 is 1.90 bits per heavy atom. The molecule has 1 aliphatic carbocycles. The van der Waals surface area contributed by atoms with Gasteiger partial charge in [0.25, 0.3) is 0 Å². The summed E-state index contributed by atoms with van der Waals surface area (Å²) in [5, 5.41) is 29.9. The van der Waals surface area contributed by atoms with Gasteiger partial charge in [-0.25, -0.2) is 4.79 Å². The SMILES string of the molecule is CCOC(=O)N1CC=C2C(C#N)=C(N)C(C#N)(C#N)[C@H](c3ccc(CC)cc3)C2C1. The van der Waals surface area contributed by atoms with Crippen LogP contribution in [0.25, 0.3) is 0 Å². The Kier molecular flexibility index (Phi) is 5.81. The van der Waals surface area contributed by atoms with Gasteiger partial charge in [-0.05, 0) is 30.0 Å². The molecule has 0 aromatic heterocycles. The van der Waals surface area contributed by atoms with Crippen LogP contribution in [-0.4, -0.2) is 30.7 Å². The first-order valence-corrected chi connectivity index (χ1v) is 9.91. The van der Waals surface area contributed by atoms with Crippen molar-refractivity contribution in [1.29, 1.82) is 15.8 Å². The lowest BCUT2D eigenvalue weighted by Crippen LogP contribution is -2.49. The summed E-state index contributed by atoms with van der Waals surface area (Å²) >= 11 is 0. The number of fused-ring (bicyclic) bond motifs is 1. The van der Waals surface area contributed by atoms with Gasteiger partial charge >= 0.3 is 6.09 Å². The number of allylic oxidation sites excluding steroid dienone is 2. The number of hydrogen-bond donors (Lipinski definition) is 1. The van der Waals surface area contributed by atoms with E-state index in [4.69, 9.17) is 10.5 Å². The van der Waals surface area contributed by atoms with Gasteiger partial charge in [-0.3, -0.25) is 0 Å². The van der Waals surface area contributed by atoms with E-state index in [1.54, 1.807) is 13.0 Å². The molecular formula is C23H23N5O2. The standard InChI is InChI=1S/C23H23N5O2/c1-3-15-5-7-16(8-6-15)20-19-12-28(22(29)30-4-2)10-9-17(19)18(11-24)21(27)23(20,13-25)14-26/h5-9,19-20H,3-4,10,12,27H2,1-2H3/t19?,20-/m1/s1. The van der Waals surface area contributed by atoms with Crippen molar-refractivity contribution in [1.82, 2.24) is 4.90 Å². The highest BCUT2D eigenvalue weighted by Crippen LogP contribution is 2.54. The second kappa shape index (κ2) is 8.31. The van der Waals surface area contributed by atoms with Gasteiger partial charge < -0.3 is 15.4 Å². The topological polar surface area (TPSA) is 127 Å². The summed E-state index contributed by atoms with van der Waals surface area (Å²) in [5.41, 5.74) is 7.30. The quantitative estimate of drug-likeness (QED) is 0.829. The minimum atomic E-state index is -1.71. The van der Waals surface area contributed by atoms with Crippen LogP contribution in [0.2, 0.25) is 0 Å². The second-order valence-electron chi connectivity index (χ2n) is 7.37. The van der Waals surface area contributed by atoms with Crippen LogP contribution in [0.4, 0.5) is 4.79 Å². The maximum atomic E-state index is 12.4. The van der Waals surface area contributed by atoms with Crippen molar-refractivity contribution in [2.45, 2.75) is 26.2 Å². The van der Waals surface area contributed by atoms with Gasteiger partial charge in [0, 0.05) is 24.9 Å². The molecule has 1 aromatic carbocycles. The molecule has 0 fully saturated rings. The molecule has 7 heteroatoms. The molecule has 3 rings (SSSR count).